The molecule has 3 nitrogen and oxygen atoms in total. The zero-order valence-electron chi connectivity index (χ0n) is 6.89. The van der Waals surface area contributed by atoms with Gasteiger partial charge in [0, 0.05) is 0 Å². The van der Waals surface area contributed by atoms with Crippen molar-refractivity contribution in [3.05, 3.63) is 42.5 Å². The fourth-order valence-electron chi connectivity index (χ4n) is 1.14. The third kappa shape index (κ3) is 1.55. The van der Waals surface area contributed by atoms with Gasteiger partial charge >= 0.3 is 0 Å². The molecule has 1 aromatic carbocycles. The van der Waals surface area contributed by atoms with Crippen molar-refractivity contribution >= 4 is 11.6 Å². The summed E-state index contributed by atoms with van der Waals surface area (Å²) < 4.78 is 1.73. The average Bonchev–Trinajstić information content (AvgIpc) is 2.67. The van der Waals surface area contributed by atoms with Crippen LogP contribution in [0.5, 0.6) is 0 Å². The molecule has 2 rings (SSSR count). The Morgan fingerprint density at radius 2 is 2.00 bits per heavy atom. The summed E-state index contributed by atoms with van der Waals surface area (Å²) in [5.41, 5.74) is 0.982. The second-order valence-corrected chi connectivity index (χ2v) is 2.82. The molecule has 0 fully saturated rings. The second kappa shape index (κ2) is 3.58. The van der Waals surface area contributed by atoms with Gasteiger partial charge in [-0.2, -0.15) is 5.10 Å². The van der Waals surface area contributed by atoms with E-state index < -0.39 is 0 Å². The Morgan fingerprint density at radius 1 is 1.23 bits per heavy atom. The van der Waals surface area contributed by atoms with Gasteiger partial charge in [-0.15, -0.1) is 11.6 Å². The first-order chi connectivity index (χ1) is 6.42. The van der Waals surface area contributed by atoms with Crippen molar-refractivity contribution in [1.82, 2.24) is 14.8 Å². The normalized spacial score (nSPS) is 10.2. The van der Waals surface area contributed by atoms with Gasteiger partial charge in [-0.25, -0.2) is 9.67 Å². The third-order valence-corrected chi connectivity index (χ3v) is 1.98. The van der Waals surface area contributed by atoms with E-state index in [-0.39, 0.29) is 0 Å². The third-order valence-electron chi connectivity index (χ3n) is 1.74. The van der Waals surface area contributed by atoms with Crippen LogP contribution in [0.25, 0.3) is 5.69 Å². The van der Waals surface area contributed by atoms with E-state index in [0.29, 0.717) is 5.88 Å². The van der Waals surface area contributed by atoms with E-state index in [1.54, 1.807) is 4.68 Å². The predicted octanol–water partition coefficient (Wildman–Crippen LogP) is 2.01. The highest BCUT2D eigenvalue weighted by atomic mass is 35.5. The van der Waals surface area contributed by atoms with Crippen LogP contribution in [-0.2, 0) is 5.88 Å². The van der Waals surface area contributed by atoms with Gasteiger partial charge in [-0.1, -0.05) is 18.2 Å². The second-order valence-electron chi connectivity index (χ2n) is 2.56. The number of para-hydroxylation sites is 1. The van der Waals surface area contributed by atoms with Crippen LogP contribution < -0.4 is 0 Å². The minimum Gasteiger partial charge on any atom is -0.218 e. The predicted molar refractivity (Wildman–Crippen MR) is 50.9 cm³/mol. The van der Waals surface area contributed by atoms with Crippen molar-refractivity contribution in [1.29, 1.82) is 0 Å². The molecule has 4 heteroatoms. The van der Waals surface area contributed by atoms with E-state index in [1.165, 1.54) is 6.33 Å². The molecule has 0 aliphatic heterocycles. The highest BCUT2D eigenvalue weighted by Gasteiger charge is 2.03. The molecule has 0 saturated heterocycles. The molecule has 0 saturated carbocycles. The van der Waals surface area contributed by atoms with Gasteiger partial charge in [0.15, 0.2) is 0 Å². The Morgan fingerprint density at radius 3 is 2.69 bits per heavy atom. The lowest BCUT2D eigenvalue weighted by atomic mass is 10.3. The minimum atomic E-state index is 0.370. The van der Waals surface area contributed by atoms with Gasteiger partial charge in [0.05, 0.1) is 11.6 Å². The standard InChI is InChI=1S/C9H8ClN3/c10-6-9-11-7-12-13(9)8-4-2-1-3-5-8/h1-5,7H,6H2. The largest absolute Gasteiger partial charge is 0.218 e. The van der Waals surface area contributed by atoms with Crippen LogP contribution in [0.4, 0.5) is 0 Å². The lowest BCUT2D eigenvalue weighted by Gasteiger charge is -2.01. The first kappa shape index (κ1) is 8.26. The molecular weight excluding hydrogens is 186 g/mol. The monoisotopic (exact) mass is 193 g/mol. The van der Waals surface area contributed by atoms with Crippen molar-refractivity contribution < 1.29 is 0 Å². The fourth-order valence-corrected chi connectivity index (χ4v) is 1.32. The smallest absolute Gasteiger partial charge is 0.147 e. The van der Waals surface area contributed by atoms with Crippen molar-refractivity contribution in [3.63, 3.8) is 0 Å². The average molecular weight is 194 g/mol. The number of aromatic nitrogens is 3. The van der Waals surface area contributed by atoms with Crippen LogP contribution in [0.3, 0.4) is 0 Å². The molecule has 66 valence electrons. The molecule has 0 radical (unpaired) electrons. The number of rotatable bonds is 2. The number of alkyl halides is 1. The molecular formula is C9H8ClN3. The van der Waals surface area contributed by atoms with Gasteiger partial charge in [-0.05, 0) is 12.1 Å². The van der Waals surface area contributed by atoms with Crippen LogP contribution in [-0.4, -0.2) is 14.8 Å². The maximum absolute atomic E-state index is 5.70. The van der Waals surface area contributed by atoms with E-state index in [0.717, 1.165) is 11.5 Å². The number of hydrogen-bond acceptors (Lipinski definition) is 2. The van der Waals surface area contributed by atoms with E-state index in [2.05, 4.69) is 10.1 Å². The van der Waals surface area contributed by atoms with Crippen molar-refractivity contribution in [2.24, 2.45) is 0 Å². The first-order valence-electron chi connectivity index (χ1n) is 3.92. The molecule has 1 aromatic heterocycles. The van der Waals surface area contributed by atoms with Crippen LogP contribution in [0, 0.1) is 0 Å². The lowest BCUT2D eigenvalue weighted by Crippen LogP contribution is -2.00. The minimum absolute atomic E-state index is 0.370. The molecule has 0 aliphatic carbocycles. The van der Waals surface area contributed by atoms with E-state index >= 15 is 0 Å². The molecule has 0 spiro atoms. The fraction of sp³-hybridized carbons (Fsp3) is 0.111. The SMILES string of the molecule is ClCc1ncnn1-c1ccccc1. The van der Waals surface area contributed by atoms with Crippen LogP contribution in [0.15, 0.2) is 36.7 Å². The highest BCUT2D eigenvalue weighted by molar-refractivity contribution is 6.16. The van der Waals surface area contributed by atoms with Crippen molar-refractivity contribution in [2.75, 3.05) is 0 Å². The quantitative estimate of drug-likeness (QED) is 0.684. The summed E-state index contributed by atoms with van der Waals surface area (Å²) >= 11 is 5.70. The van der Waals surface area contributed by atoms with Gasteiger partial charge in [0.25, 0.3) is 0 Å². The van der Waals surface area contributed by atoms with E-state index in [1.807, 2.05) is 30.3 Å². The Labute approximate surface area is 81.0 Å². The lowest BCUT2D eigenvalue weighted by molar-refractivity contribution is 0.832. The molecule has 13 heavy (non-hydrogen) atoms. The number of hydrogen-bond donors (Lipinski definition) is 0. The van der Waals surface area contributed by atoms with Gasteiger partial charge in [0.1, 0.15) is 12.2 Å². The van der Waals surface area contributed by atoms with Gasteiger partial charge in [0.2, 0.25) is 0 Å². The summed E-state index contributed by atoms with van der Waals surface area (Å²) in [6.07, 6.45) is 1.50. The first-order valence-corrected chi connectivity index (χ1v) is 4.45. The Hall–Kier alpha value is -1.35. The topological polar surface area (TPSA) is 30.7 Å². The molecule has 0 bridgehead atoms. The molecule has 2 aromatic rings. The van der Waals surface area contributed by atoms with Crippen molar-refractivity contribution in [3.8, 4) is 5.69 Å². The van der Waals surface area contributed by atoms with Gasteiger partial charge < -0.3 is 0 Å². The maximum atomic E-state index is 5.70. The molecule has 1 heterocycles. The summed E-state index contributed by atoms with van der Waals surface area (Å²) in [5.74, 6) is 1.13. The molecule has 0 atom stereocenters. The Kier molecular flexibility index (Phi) is 2.27. The molecule has 0 aliphatic rings. The summed E-state index contributed by atoms with van der Waals surface area (Å²) in [5, 5.41) is 4.08. The maximum Gasteiger partial charge on any atom is 0.147 e. The zero-order chi connectivity index (χ0) is 9.10. The number of nitrogens with zero attached hydrogens (tertiary/aromatic N) is 3. The zero-order valence-corrected chi connectivity index (χ0v) is 7.65. The Bertz CT molecular complexity index is 383. The van der Waals surface area contributed by atoms with Gasteiger partial charge in [-0.3, -0.25) is 0 Å². The molecule has 0 N–H and O–H groups in total. The number of halogens is 1. The Balaban J connectivity index is 2.47. The van der Waals surface area contributed by atoms with Crippen molar-refractivity contribution in [2.45, 2.75) is 5.88 Å². The molecule has 0 unspecified atom stereocenters. The highest BCUT2D eigenvalue weighted by Crippen LogP contribution is 2.08. The number of benzene rings is 1. The van der Waals surface area contributed by atoms with E-state index in [4.69, 9.17) is 11.6 Å². The summed E-state index contributed by atoms with van der Waals surface area (Å²) in [7, 11) is 0. The van der Waals surface area contributed by atoms with Crippen LogP contribution in [0.1, 0.15) is 5.82 Å². The summed E-state index contributed by atoms with van der Waals surface area (Å²) in [4.78, 5) is 4.03. The summed E-state index contributed by atoms with van der Waals surface area (Å²) in [6, 6.07) is 9.79. The molecule has 0 amide bonds. The van der Waals surface area contributed by atoms with E-state index in [9.17, 15) is 0 Å². The van der Waals surface area contributed by atoms with Crippen LogP contribution >= 0.6 is 11.6 Å². The summed E-state index contributed by atoms with van der Waals surface area (Å²) in [6.45, 7) is 0. The van der Waals surface area contributed by atoms with Crippen LogP contribution in [0.2, 0.25) is 0 Å².